The predicted octanol–water partition coefficient (Wildman–Crippen LogP) is 2.21. The van der Waals surface area contributed by atoms with E-state index in [-0.39, 0.29) is 24.3 Å². The number of nitrogens with zero attached hydrogens (tertiary/aromatic N) is 1. The van der Waals surface area contributed by atoms with Crippen LogP contribution in [-0.2, 0) is 30.3 Å². The maximum atomic E-state index is 14.0. The molecular weight excluding hydrogens is 558 g/mol. The highest BCUT2D eigenvalue weighted by Crippen LogP contribution is 2.25. The van der Waals surface area contributed by atoms with Crippen molar-refractivity contribution in [2.75, 3.05) is 19.8 Å². The Kier molecular flexibility index (Phi) is 12.5. The molecule has 3 atom stereocenters. The lowest BCUT2D eigenvalue weighted by Gasteiger charge is -2.34. The zero-order valence-corrected chi connectivity index (χ0v) is 25.5. The van der Waals surface area contributed by atoms with Gasteiger partial charge in [-0.15, -0.1) is 0 Å². The van der Waals surface area contributed by atoms with Crippen molar-refractivity contribution in [3.63, 3.8) is 0 Å². The first-order valence-electron chi connectivity index (χ1n) is 13.9. The van der Waals surface area contributed by atoms with Crippen molar-refractivity contribution < 1.29 is 44.0 Å². The summed E-state index contributed by atoms with van der Waals surface area (Å²) < 4.78 is 10.8. The van der Waals surface area contributed by atoms with E-state index >= 15 is 0 Å². The minimum Gasteiger partial charge on any atom is -0.508 e. The number of rotatable bonds is 12. The van der Waals surface area contributed by atoms with Gasteiger partial charge in [-0.3, -0.25) is 9.59 Å². The van der Waals surface area contributed by atoms with Crippen molar-refractivity contribution >= 4 is 23.9 Å². The zero-order valence-electron chi connectivity index (χ0n) is 25.5. The summed E-state index contributed by atoms with van der Waals surface area (Å²) in [6.07, 6.45) is -0.890. The van der Waals surface area contributed by atoms with Crippen LogP contribution in [0.25, 0.3) is 0 Å². The highest BCUT2D eigenvalue weighted by molar-refractivity contribution is 5.94. The quantitative estimate of drug-likeness (QED) is 0.229. The van der Waals surface area contributed by atoms with Gasteiger partial charge < -0.3 is 40.3 Å². The molecule has 3 amide bonds. The summed E-state index contributed by atoms with van der Waals surface area (Å²) in [6, 6.07) is 10.3. The first-order valence-corrected chi connectivity index (χ1v) is 13.9. The second-order valence-electron chi connectivity index (χ2n) is 11.9. The maximum absolute atomic E-state index is 14.0. The van der Waals surface area contributed by atoms with Gasteiger partial charge in [-0.2, -0.15) is 0 Å². The fourth-order valence-corrected chi connectivity index (χ4v) is 4.11. The lowest BCUT2D eigenvalue weighted by Crippen LogP contribution is -2.56. The monoisotopic (exact) mass is 601 g/mol. The van der Waals surface area contributed by atoms with Gasteiger partial charge in [-0.25, -0.2) is 9.59 Å². The van der Waals surface area contributed by atoms with Crippen molar-refractivity contribution in [3.8, 4) is 5.75 Å². The van der Waals surface area contributed by atoms with Crippen molar-refractivity contribution in [1.29, 1.82) is 0 Å². The van der Waals surface area contributed by atoms with E-state index in [1.807, 2.05) is 6.07 Å². The summed E-state index contributed by atoms with van der Waals surface area (Å²) in [5.74, 6) is -2.49. The number of amides is 3. The van der Waals surface area contributed by atoms with E-state index in [4.69, 9.17) is 9.47 Å². The van der Waals surface area contributed by atoms with E-state index in [2.05, 4.69) is 10.6 Å². The van der Waals surface area contributed by atoms with Crippen LogP contribution in [-0.4, -0.2) is 87.1 Å². The number of carbonyl (C=O) groups is 4. The molecule has 3 unspecified atom stereocenters. The van der Waals surface area contributed by atoms with E-state index in [1.54, 1.807) is 65.8 Å². The molecule has 0 aromatic heterocycles. The highest BCUT2D eigenvalue weighted by atomic mass is 16.6. The number of hydrogen-bond acceptors (Lipinski definition) is 9. The molecule has 0 saturated heterocycles. The second-order valence-corrected chi connectivity index (χ2v) is 11.9. The maximum Gasteiger partial charge on any atom is 0.408 e. The Balaban J connectivity index is 2.51. The van der Waals surface area contributed by atoms with Gasteiger partial charge in [-0.05, 0) is 64.8 Å². The Labute approximate surface area is 252 Å². The molecule has 0 spiro atoms. The van der Waals surface area contributed by atoms with E-state index in [0.717, 1.165) is 10.5 Å². The van der Waals surface area contributed by atoms with Crippen LogP contribution in [0.3, 0.4) is 0 Å². The van der Waals surface area contributed by atoms with Crippen molar-refractivity contribution in [3.05, 3.63) is 65.7 Å². The van der Waals surface area contributed by atoms with Gasteiger partial charge in [-0.1, -0.05) is 42.5 Å². The van der Waals surface area contributed by atoms with Gasteiger partial charge in [0.2, 0.25) is 11.8 Å². The van der Waals surface area contributed by atoms with Gasteiger partial charge in [0.1, 0.15) is 35.1 Å². The van der Waals surface area contributed by atoms with E-state index in [0.29, 0.717) is 0 Å². The molecule has 43 heavy (non-hydrogen) atoms. The smallest absolute Gasteiger partial charge is 0.408 e. The highest BCUT2D eigenvalue weighted by Gasteiger charge is 2.38. The summed E-state index contributed by atoms with van der Waals surface area (Å²) in [6.45, 7) is 8.18. The molecule has 0 fully saturated rings. The standard InChI is InChI=1S/C31H43N3O9/c1-30(2,3)42-28(40)23(18-20-10-8-7-9-11-20)32-26(38)25(21-12-14-22(37)15-13-21)34(16-17-35)27(39)24(19-36)33-29(41)43-31(4,5)6/h7-15,23-25,35-37H,16-19H2,1-6H3,(H,32,38)(H,33,41). The van der Waals surface area contributed by atoms with Crippen LogP contribution in [0.4, 0.5) is 4.79 Å². The Morgan fingerprint density at radius 3 is 1.91 bits per heavy atom. The minimum atomic E-state index is -1.53. The molecule has 2 rings (SSSR count). The number of aromatic hydroxyl groups is 1. The van der Waals surface area contributed by atoms with Gasteiger partial charge >= 0.3 is 12.1 Å². The number of hydrogen-bond donors (Lipinski definition) is 5. The second kappa shape index (κ2) is 15.4. The van der Waals surface area contributed by atoms with Crippen molar-refractivity contribution in [1.82, 2.24) is 15.5 Å². The fourth-order valence-electron chi connectivity index (χ4n) is 4.11. The average molecular weight is 602 g/mol. The molecule has 2 aromatic carbocycles. The van der Waals surface area contributed by atoms with Crippen LogP contribution in [0, 0.1) is 0 Å². The van der Waals surface area contributed by atoms with Crippen molar-refractivity contribution in [2.45, 2.75) is 77.3 Å². The number of aliphatic hydroxyl groups excluding tert-OH is 2. The molecule has 0 aliphatic heterocycles. The number of aliphatic hydroxyl groups is 2. The summed E-state index contributed by atoms with van der Waals surface area (Å²) in [7, 11) is 0. The number of ether oxygens (including phenoxy) is 2. The van der Waals surface area contributed by atoms with E-state index in [9.17, 15) is 34.5 Å². The minimum absolute atomic E-state index is 0.0806. The number of phenolic OH excluding ortho intramolecular Hbond substituents is 1. The molecular formula is C31H43N3O9. The fraction of sp³-hybridized carbons (Fsp3) is 0.484. The molecule has 0 bridgehead atoms. The molecule has 0 aliphatic rings. The number of benzene rings is 2. The molecule has 5 N–H and O–H groups in total. The largest absolute Gasteiger partial charge is 0.508 e. The third kappa shape index (κ3) is 11.6. The molecule has 12 heteroatoms. The number of nitrogens with one attached hydrogen (secondary N) is 2. The normalized spacial score (nSPS) is 13.7. The molecule has 0 radical (unpaired) electrons. The van der Waals surface area contributed by atoms with Gasteiger partial charge in [0.15, 0.2) is 0 Å². The Hall–Kier alpha value is -4.16. The first kappa shape index (κ1) is 35.0. The third-order valence-corrected chi connectivity index (χ3v) is 5.85. The number of phenols is 1. The number of alkyl carbamates (subject to hydrolysis) is 1. The Morgan fingerprint density at radius 2 is 1.40 bits per heavy atom. The molecule has 0 heterocycles. The number of esters is 1. The molecule has 236 valence electrons. The zero-order chi connectivity index (χ0) is 32.4. The molecule has 0 saturated carbocycles. The van der Waals surface area contributed by atoms with Gasteiger partial charge in [0.25, 0.3) is 0 Å². The summed E-state index contributed by atoms with van der Waals surface area (Å²) >= 11 is 0. The lowest BCUT2D eigenvalue weighted by molar-refractivity contribution is -0.159. The molecule has 12 nitrogen and oxygen atoms in total. The topological polar surface area (TPSA) is 175 Å². The van der Waals surface area contributed by atoms with Crippen LogP contribution in [0.5, 0.6) is 5.75 Å². The SMILES string of the molecule is CC(C)(C)OC(=O)NC(CO)C(=O)N(CCO)C(C(=O)NC(Cc1ccccc1)C(=O)OC(C)(C)C)c1ccc(O)cc1. The van der Waals surface area contributed by atoms with Gasteiger partial charge in [0.05, 0.1) is 13.2 Å². The molecule has 0 aliphatic carbocycles. The van der Waals surface area contributed by atoms with E-state index < -0.39 is 66.4 Å². The first-order chi connectivity index (χ1) is 20.0. The lowest BCUT2D eigenvalue weighted by atomic mass is 10.0. The summed E-state index contributed by atoms with van der Waals surface area (Å²) in [4.78, 5) is 54.3. The summed E-state index contributed by atoms with van der Waals surface area (Å²) in [5.41, 5.74) is -0.770. The third-order valence-electron chi connectivity index (χ3n) is 5.85. The number of carbonyl (C=O) groups excluding carboxylic acids is 4. The van der Waals surface area contributed by atoms with Crippen LogP contribution >= 0.6 is 0 Å². The van der Waals surface area contributed by atoms with E-state index in [1.165, 1.54) is 24.3 Å². The van der Waals surface area contributed by atoms with Crippen molar-refractivity contribution in [2.24, 2.45) is 0 Å². The molecule has 2 aromatic rings. The van der Waals surface area contributed by atoms with Crippen LogP contribution in [0.1, 0.15) is 58.7 Å². The van der Waals surface area contributed by atoms with Crippen LogP contribution in [0.2, 0.25) is 0 Å². The average Bonchev–Trinajstić information content (AvgIpc) is 2.90. The van der Waals surface area contributed by atoms with Crippen LogP contribution in [0.15, 0.2) is 54.6 Å². The summed E-state index contributed by atoms with van der Waals surface area (Å²) in [5, 5.41) is 34.7. The predicted molar refractivity (Wildman–Crippen MR) is 158 cm³/mol. The van der Waals surface area contributed by atoms with Crippen LogP contribution < -0.4 is 10.6 Å². The Morgan fingerprint density at radius 1 is 0.814 bits per heavy atom. The Bertz CT molecular complexity index is 1220. The van der Waals surface area contributed by atoms with Gasteiger partial charge in [0, 0.05) is 13.0 Å².